The van der Waals surface area contributed by atoms with Crippen molar-refractivity contribution in [3.8, 4) is 0 Å². The van der Waals surface area contributed by atoms with Crippen molar-refractivity contribution in [2.75, 3.05) is 0 Å². The predicted molar refractivity (Wildman–Crippen MR) is 52.7 cm³/mol. The van der Waals surface area contributed by atoms with Crippen LogP contribution in [0.4, 0.5) is 0 Å². The van der Waals surface area contributed by atoms with Crippen LogP contribution in [0.25, 0.3) is 0 Å². The topological polar surface area (TPSA) is 64.9 Å². The van der Waals surface area contributed by atoms with Gasteiger partial charge in [-0.15, -0.1) is 0 Å². The summed E-state index contributed by atoms with van der Waals surface area (Å²) in [7, 11) is 0. The fourth-order valence-electron chi connectivity index (χ4n) is 1.50. The molecular weight excluding hydrogens is 178 g/mol. The lowest BCUT2D eigenvalue weighted by Crippen LogP contribution is -2.43. The molecule has 0 aliphatic heterocycles. The van der Waals surface area contributed by atoms with E-state index in [9.17, 15) is 0 Å². The third-order valence-electron chi connectivity index (χ3n) is 2.77. The van der Waals surface area contributed by atoms with Crippen LogP contribution in [-0.2, 0) is 11.0 Å². The molecule has 4 heteroatoms. The number of hydrogen-bond acceptors (Lipinski definition) is 4. The van der Waals surface area contributed by atoms with E-state index in [0.717, 1.165) is 25.1 Å². The smallest absolute Gasteiger partial charge is 0.246 e. The van der Waals surface area contributed by atoms with E-state index in [0.29, 0.717) is 5.89 Å². The molecule has 1 aliphatic carbocycles. The first-order chi connectivity index (χ1) is 6.42. The standard InChI is InChI=1S/C10H17N3O/c1-9(2,3)7-12-8(14-13-7)10(11)5-4-6-10/h4-6,11H2,1-3H3. The molecule has 1 aromatic heterocycles. The Morgan fingerprint density at radius 1 is 1.36 bits per heavy atom. The summed E-state index contributed by atoms with van der Waals surface area (Å²) >= 11 is 0. The van der Waals surface area contributed by atoms with Gasteiger partial charge < -0.3 is 10.3 Å². The molecule has 1 aromatic rings. The van der Waals surface area contributed by atoms with E-state index in [4.69, 9.17) is 10.3 Å². The quantitative estimate of drug-likeness (QED) is 0.740. The van der Waals surface area contributed by atoms with Crippen LogP contribution >= 0.6 is 0 Å². The van der Waals surface area contributed by atoms with Crippen molar-refractivity contribution in [1.29, 1.82) is 0 Å². The number of nitrogens with two attached hydrogens (primary N) is 1. The first-order valence-electron chi connectivity index (χ1n) is 5.05. The Hall–Kier alpha value is -0.900. The zero-order valence-corrected chi connectivity index (χ0v) is 9.00. The summed E-state index contributed by atoms with van der Waals surface area (Å²) < 4.78 is 5.21. The fraction of sp³-hybridized carbons (Fsp3) is 0.800. The summed E-state index contributed by atoms with van der Waals surface area (Å²) in [4.78, 5) is 4.37. The Kier molecular flexibility index (Phi) is 1.93. The highest BCUT2D eigenvalue weighted by atomic mass is 16.5. The highest BCUT2D eigenvalue weighted by Crippen LogP contribution is 2.38. The molecule has 0 bridgehead atoms. The van der Waals surface area contributed by atoms with E-state index in [2.05, 4.69) is 30.9 Å². The minimum Gasteiger partial charge on any atom is -0.337 e. The maximum Gasteiger partial charge on any atom is 0.246 e. The van der Waals surface area contributed by atoms with E-state index in [-0.39, 0.29) is 11.0 Å². The lowest BCUT2D eigenvalue weighted by atomic mass is 9.77. The Balaban J connectivity index is 2.26. The summed E-state index contributed by atoms with van der Waals surface area (Å²) in [5.74, 6) is 1.35. The van der Waals surface area contributed by atoms with Crippen LogP contribution in [0.5, 0.6) is 0 Å². The van der Waals surface area contributed by atoms with Crippen molar-refractivity contribution in [3.05, 3.63) is 11.7 Å². The molecule has 14 heavy (non-hydrogen) atoms. The monoisotopic (exact) mass is 195 g/mol. The Bertz CT molecular complexity index is 333. The first kappa shape index (κ1) is 9.65. The largest absolute Gasteiger partial charge is 0.337 e. The van der Waals surface area contributed by atoms with Gasteiger partial charge in [-0.05, 0) is 19.3 Å². The molecule has 1 fully saturated rings. The zero-order chi connectivity index (χ0) is 10.4. The number of hydrogen-bond donors (Lipinski definition) is 1. The summed E-state index contributed by atoms with van der Waals surface area (Å²) in [6.45, 7) is 6.18. The molecule has 4 nitrogen and oxygen atoms in total. The molecule has 0 spiro atoms. The van der Waals surface area contributed by atoms with Gasteiger partial charge in [-0.2, -0.15) is 4.98 Å². The normalized spacial score (nSPS) is 20.6. The fourth-order valence-corrected chi connectivity index (χ4v) is 1.50. The van der Waals surface area contributed by atoms with Gasteiger partial charge in [0.1, 0.15) is 0 Å². The molecule has 0 saturated heterocycles. The molecule has 2 rings (SSSR count). The SMILES string of the molecule is CC(C)(C)c1noc(C2(N)CCC2)n1. The van der Waals surface area contributed by atoms with Crippen LogP contribution in [0.2, 0.25) is 0 Å². The zero-order valence-electron chi connectivity index (χ0n) is 9.00. The highest BCUT2D eigenvalue weighted by molar-refractivity contribution is 5.09. The first-order valence-corrected chi connectivity index (χ1v) is 5.05. The molecule has 0 aromatic carbocycles. The second-order valence-electron chi connectivity index (χ2n) is 5.18. The Morgan fingerprint density at radius 2 is 2.00 bits per heavy atom. The molecular formula is C10H17N3O. The van der Waals surface area contributed by atoms with Crippen molar-refractivity contribution in [3.63, 3.8) is 0 Å². The lowest BCUT2D eigenvalue weighted by Gasteiger charge is -2.33. The summed E-state index contributed by atoms with van der Waals surface area (Å²) in [6.07, 6.45) is 3.07. The van der Waals surface area contributed by atoms with Crippen LogP contribution in [0.1, 0.15) is 51.7 Å². The van der Waals surface area contributed by atoms with Crippen LogP contribution in [-0.4, -0.2) is 10.1 Å². The van der Waals surface area contributed by atoms with Crippen molar-refractivity contribution in [2.24, 2.45) is 5.73 Å². The van der Waals surface area contributed by atoms with E-state index >= 15 is 0 Å². The molecule has 0 radical (unpaired) electrons. The van der Waals surface area contributed by atoms with Crippen LogP contribution in [0, 0.1) is 0 Å². The minimum absolute atomic E-state index is 0.0676. The Labute approximate surface area is 83.9 Å². The van der Waals surface area contributed by atoms with Crippen molar-refractivity contribution in [2.45, 2.75) is 51.0 Å². The van der Waals surface area contributed by atoms with Gasteiger partial charge in [-0.25, -0.2) is 0 Å². The number of rotatable bonds is 1. The third-order valence-corrected chi connectivity index (χ3v) is 2.77. The maximum absolute atomic E-state index is 6.08. The minimum atomic E-state index is -0.337. The number of aromatic nitrogens is 2. The van der Waals surface area contributed by atoms with Gasteiger partial charge in [0.05, 0.1) is 5.54 Å². The number of nitrogens with zero attached hydrogens (tertiary/aromatic N) is 2. The molecule has 1 saturated carbocycles. The molecule has 0 unspecified atom stereocenters. The molecule has 2 N–H and O–H groups in total. The van der Waals surface area contributed by atoms with E-state index in [1.807, 2.05) is 0 Å². The molecule has 0 atom stereocenters. The van der Waals surface area contributed by atoms with Gasteiger partial charge in [-0.3, -0.25) is 0 Å². The third kappa shape index (κ3) is 1.43. The highest BCUT2D eigenvalue weighted by Gasteiger charge is 2.40. The van der Waals surface area contributed by atoms with Crippen LogP contribution < -0.4 is 5.73 Å². The summed E-state index contributed by atoms with van der Waals surface area (Å²) in [5.41, 5.74) is 5.68. The van der Waals surface area contributed by atoms with Gasteiger partial charge >= 0.3 is 0 Å². The van der Waals surface area contributed by atoms with Crippen molar-refractivity contribution < 1.29 is 4.52 Å². The summed E-state index contributed by atoms with van der Waals surface area (Å²) in [6, 6.07) is 0. The molecule has 0 amide bonds. The maximum atomic E-state index is 6.08. The predicted octanol–water partition coefficient (Wildman–Crippen LogP) is 1.71. The van der Waals surface area contributed by atoms with Gasteiger partial charge in [0.15, 0.2) is 5.82 Å². The second-order valence-corrected chi connectivity index (χ2v) is 5.18. The summed E-state index contributed by atoms with van der Waals surface area (Å²) in [5, 5.41) is 3.97. The molecule has 78 valence electrons. The van der Waals surface area contributed by atoms with E-state index in [1.165, 1.54) is 0 Å². The van der Waals surface area contributed by atoms with Crippen molar-refractivity contribution in [1.82, 2.24) is 10.1 Å². The molecule has 1 aliphatic rings. The second kappa shape index (κ2) is 2.79. The van der Waals surface area contributed by atoms with Crippen LogP contribution in [0.3, 0.4) is 0 Å². The van der Waals surface area contributed by atoms with Gasteiger partial charge in [0.2, 0.25) is 5.89 Å². The lowest BCUT2D eigenvalue weighted by molar-refractivity contribution is 0.181. The Morgan fingerprint density at radius 3 is 2.36 bits per heavy atom. The molecule has 1 heterocycles. The van der Waals surface area contributed by atoms with Gasteiger partial charge in [0.25, 0.3) is 0 Å². The average molecular weight is 195 g/mol. The van der Waals surface area contributed by atoms with Crippen molar-refractivity contribution >= 4 is 0 Å². The van der Waals surface area contributed by atoms with Crippen LogP contribution in [0.15, 0.2) is 4.52 Å². The van der Waals surface area contributed by atoms with E-state index in [1.54, 1.807) is 0 Å². The van der Waals surface area contributed by atoms with Gasteiger partial charge in [-0.1, -0.05) is 25.9 Å². The average Bonchev–Trinajstić information content (AvgIpc) is 2.46. The van der Waals surface area contributed by atoms with Gasteiger partial charge in [0, 0.05) is 5.41 Å². The van der Waals surface area contributed by atoms with E-state index < -0.39 is 0 Å².